The molecule has 1 aliphatic rings. The fraction of sp³-hybridized carbons (Fsp3) is 0.846. The van der Waals surface area contributed by atoms with Crippen LogP contribution in [0.15, 0.2) is 0 Å². The molecule has 1 N–H and O–H groups in total. The Bertz CT molecular complexity index is 359. The predicted octanol–water partition coefficient (Wildman–Crippen LogP) is 2.98. The maximum absolute atomic E-state index is 4.43. The SMILES string of the molecule is CNCCc1nnc(C2CCCCC2(C)C)s1. The Morgan fingerprint density at radius 2 is 2.18 bits per heavy atom. The summed E-state index contributed by atoms with van der Waals surface area (Å²) in [7, 11) is 1.98. The maximum atomic E-state index is 4.43. The molecule has 1 aliphatic carbocycles. The molecule has 1 fully saturated rings. The third-order valence-electron chi connectivity index (χ3n) is 3.88. The first-order chi connectivity index (χ1) is 8.13. The monoisotopic (exact) mass is 253 g/mol. The van der Waals surface area contributed by atoms with E-state index in [4.69, 9.17) is 0 Å². The van der Waals surface area contributed by atoms with E-state index in [1.54, 1.807) is 0 Å². The van der Waals surface area contributed by atoms with Gasteiger partial charge in [-0.05, 0) is 25.3 Å². The van der Waals surface area contributed by atoms with Gasteiger partial charge in [0.1, 0.15) is 10.0 Å². The van der Waals surface area contributed by atoms with Crippen LogP contribution < -0.4 is 5.32 Å². The van der Waals surface area contributed by atoms with Crippen LogP contribution in [-0.4, -0.2) is 23.8 Å². The first-order valence-electron chi connectivity index (χ1n) is 6.60. The van der Waals surface area contributed by atoms with E-state index in [-0.39, 0.29) is 0 Å². The molecule has 0 amide bonds. The van der Waals surface area contributed by atoms with Gasteiger partial charge in [0.15, 0.2) is 0 Å². The number of likely N-dealkylation sites (N-methyl/N-ethyl adjacent to an activating group) is 1. The second-order valence-electron chi connectivity index (χ2n) is 5.67. The molecular formula is C13H23N3S. The van der Waals surface area contributed by atoms with Gasteiger partial charge in [-0.15, -0.1) is 21.5 Å². The highest BCUT2D eigenvalue weighted by atomic mass is 32.1. The minimum atomic E-state index is 0.401. The maximum Gasteiger partial charge on any atom is 0.121 e. The Balaban J connectivity index is 2.07. The van der Waals surface area contributed by atoms with Gasteiger partial charge in [-0.25, -0.2) is 0 Å². The summed E-state index contributed by atoms with van der Waals surface area (Å²) >= 11 is 1.82. The number of aromatic nitrogens is 2. The van der Waals surface area contributed by atoms with Crippen molar-refractivity contribution in [2.75, 3.05) is 13.6 Å². The van der Waals surface area contributed by atoms with Crippen molar-refractivity contribution >= 4 is 11.3 Å². The lowest BCUT2D eigenvalue weighted by Gasteiger charge is -2.37. The molecule has 4 heteroatoms. The lowest BCUT2D eigenvalue weighted by molar-refractivity contribution is 0.198. The molecule has 1 heterocycles. The quantitative estimate of drug-likeness (QED) is 0.896. The zero-order chi connectivity index (χ0) is 12.3. The normalized spacial score (nSPS) is 23.8. The highest BCUT2D eigenvalue weighted by Gasteiger charge is 2.35. The first kappa shape index (κ1) is 13.0. The molecule has 0 spiro atoms. The van der Waals surface area contributed by atoms with Gasteiger partial charge in [-0.1, -0.05) is 26.7 Å². The summed E-state index contributed by atoms with van der Waals surface area (Å²) in [5.74, 6) is 0.622. The van der Waals surface area contributed by atoms with Crippen molar-refractivity contribution in [3.63, 3.8) is 0 Å². The molecule has 3 nitrogen and oxygen atoms in total. The summed E-state index contributed by atoms with van der Waals surface area (Å²) < 4.78 is 0. The second kappa shape index (κ2) is 5.44. The standard InChI is InChI=1S/C13H23N3S/c1-13(2)8-5-4-6-10(13)12-16-15-11(17-12)7-9-14-3/h10,14H,4-9H2,1-3H3. The van der Waals surface area contributed by atoms with Crippen LogP contribution in [0.4, 0.5) is 0 Å². The molecule has 2 rings (SSSR count). The molecule has 1 aromatic heterocycles. The van der Waals surface area contributed by atoms with Crippen molar-refractivity contribution in [2.24, 2.45) is 5.41 Å². The number of nitrogens with zero attached hydrogens (tertiary/aromatic N) is 2. The Morgan fingerprint density at radius 1 is 1.35 bits per heavy atom. The molecule has 1 aromatic rings. The van der Waals surface area contributed by atoms with E-state index in [1.807, 2.05) is 18.4 Å². The van der Waals surface area contributed by atoms with E-state index >= 15 is 0 Å². The van der Waals surface area contributed by atoms with E-state index in [0.29, 0.717) is 11.3 Å². The van der Waals surface area contributed by atoms with Gasteiger partial charge in [-0.3, -0.25) is 0 Å². The zero-order valence-corrected chi connectivity index (χ0v) is 11.9. The largest absolute Gasteiger partial charge is 0.319 e. The summed E-state index contributed by atoms with van der Waals surface area (Å²) in [4.78, 5) is 0. The predicted molar refractivity (Wildman–Crippen MR) is 72.5 cm³/mol. The summed E-state index contributed by atoms with van der Waals surface area (Å²) in [6.07, 6.45) is 6.33. The fourth-order valence-corrected chi connectivity index (χ4v) is 3.88. The van der Waals surface area contributed by atoms with Crippen molar-refractivity contribution in [3.05, 3.63) is 10.0 Å². The topological polar surface area (TPSA) is 37.8 Å². The Labute approximate surface area is 108 Å². The molecule has 1 saturated carbocycles. The van der Waals surface area contributed by atoms with Crippen LogP contribution in [0.25, 0.3) is 0 Å². The van der Waals surface area contributed by atoms with Crippen LogP contribution in [0, 0.1) is 5.41 Å². The van der Waals surface area contributed by atoms with E-state index < -0.39 is 0 Å². The number of hydrogen-bond acceptors (Lipinski definition) is 4. The molecule has 0 bridgehead atoms. The van der Waals surface area contributed by atoms with Crippen LogP contribution in [0.1, 0.15) is 55.5 Å². The van der Waals surface area contributed by atoms with Gasteiger partial charge in [-0.2, -0.15) is 0 Å². The lowest BCUT2D eigenvalue weighted by Crippen LogP contribution is -2.25. The van der Waals surface area contributed by atoms with Crippen LogP contribution >= 0.6 is 11.3 Å². The Morgan fingerprint density at radius 3 is 2.88 bits per heavy atom. The molecular weight excluding hydrogens is 230 g/mol. The van der Waals surface area contributed by atoms with Crippen LogP contribution in [0.3, 0.4) is 0 Å². The lowest BCUT2D eigenvalue weighted by atomic mass is 9.69. The van der Waals surface area contributed by atoms with Gasteiger partial charge in [0.2, 0.25) is 0 Å². The summed E-state index contributed by atoms with van der Waals surface area (Å²) in [6, 6.07) is 0. The summed E-state index contributed by atoms with van der Waals surface area (Å²) in [5.41, 5.74) is 0.401. The van der Waals surface area contributed by atoms with Crippen LogP contribution in [0.2, 0.25) is 0 Å². The molecule has 17 heavy (non-hydrogen) atoms. The van der Waals surface area contributed by atoms with Crippen LogP contribution in [-0.2, 0) is 6.42 Å². The van der Waals surface area contributed by atoms with Crippen molar-refractivity contribution in [1.82, 2.24) is 15.5 Å². The van der Waals surface area contributed by atoms with Gasteiger partial charge >= 0.3 is 0 Å². The van der Waals surface area contributed by atoms with Crippen LogP contribution in [0.5, 0.6) is 0 Å². The van der Waals surface area contributed by atoms with Crippen molar-refractivity contribution < 1.29 is 0 Å². The molecule has 1 atom stereocenters. The smallest absolute Gasteiger partial charge is 0.121 e. The molecule has 0 aliphatic heterocycles. The third-order valence-corrected chi connectivity index (χ3v) is 4.97. The molecule has 96 valence electrons. The minimum Gasteiger partial charge on any atom is -0.319 e. The van der Waals surface area contributed by atoms with E-state index in [2.05, 4.69) is 29.4 Å². The molecule has 0 radical (unpaired) electrons. The number of hydrogen-bond donors (Lipinski definition) is 1. The van der Waals surface area contributed by atoms with Gasteiger partial charge in [0.25, 0.3) is 0 Å². The highest BCUT2D eigenvalue weighted by Crippen LogP contribution is 2.47. The van der Waals surface area contributed by atoms with Crippen molar-refractivity contribution in [1.29, 1.82) is 0 Å². The average molecular weight is 253 g/mol. The minimum absolute atomic E-state index is 0.401. The number of rotatable bonds is 4. The summed E-state index contributed by atoms with van der Waals surface area (Å²) in [6.45, 7) is 5.75. The number of nitrogens with one attached hydrogen (secondary N) is 1. The highest BCUT2D eigenvalue weighted by molar-refractivity contribution is 7.11. The van der Waals surface area contributed by atoms with E-state index in [0.717, 1.165) is 13.0 Å². The van der Waals surface area contributed by atoms with E-state index in [9.17, 15) is 0 Å². The van der Waals surface area contributed by atoms with Gasteiger partial charge in [0.05, 0.1) is 0 Å². The molecule has 1 unspecified atom stereocenters. The Kier molecular flexibility index (Phi) is 4.15. The van der Waals surface area contributed by atoms with Crippen molar-refractivity contribution in [3.8, 4) is 0 Å². The average Bonchev–Trinajstić information content (AvgIpc) is 2.74. The van der Waals surface area contributed by atoms with Crippen molar-refractivity contribution in [2.45, 2.75) is 51.9 Å². The van der Waals surface area contributed by atoms with Gasteiger partial charge in [0, 0.05) is 18.9 Å². The van der Waals surface area contributed by atoms with Gasteiger partial charge < -0.3 is 5.32 Å². The molecule has 0 saturated heterocycles. The fourth-order valence-electron chi connectivity index (χ4n) is 2.69. The molecule has 0 aromatic carbocycles. The summed E-state index contributed by atoms with van der Waals surface area (Å²) in [5, 5.41) is 14.4. The second-order valence-corrected chi connectivity index (χ2v) is 6.77. The zero-order valence-electron chi connectivity index (χ0n) is 11.1. The van der Waals surface area contributed by atoms with E-state index in [1.165, 1.54) is 35.7 Å². The first-order valence-corrected chi connectivity index (χ1v) is 7.42. The third kappa shape index (κ3) is 3.05. The Hall–Kier alpha value is -0.480.